The summed E-state index contributed by atoms with van der Waals surface area (Å²) in [5.41, 5.74) is 8.69. The molecule has 2 N–H and O–H groups in total. The van der Waals surface area contributed by atoms with Gasteiger partial charge in [-0.25, -0.2) is 4.68 Å². The molecule has 3 heterocycles. The number of nitrogen functional groups attached to an aromatic ring is 1. The second kappa shape index (κ2) is 3.46. The third-order valence-corrected chi connectivity index (χ3v) is 4.16. The Labute approximate surface area is 101 Å². The molecule has 1 aromatic rings. The summed E-state index contributed by atoms with van der Waals surface area (Å²) < 4.78 is 7.21. The van der Waals surface area contributed by atoms with Gasteiger partial charge < -0.3 is 10.5 Å². The van der Waals surface area contributed by atoms with Crippen LogP contribution in [0.15, 0.2) is 0 Å². The highest BCUT2D eigenvalue weighted by atomic mass is 16.5. The topological polar surface area (TPSA) is 56.3 Å². The first kappa shape index (κ1) is 9.91. The number of nitrogens with zero attached hydrogens (tertiary/aromatic N) is 3. The molecular weight excluding hydrogens is 216 g/mol. The van der Waals surface area contributed by atoms with Crippen LogP contribution in [0.1, 0.15) is 30.1 Å². The molecule has 1 saturated heterocycles. The zero-order valence-corrected chi connectivity index (χ0v) is 9.93. The summed E-state index contributed by atoms with van der Waals surface area (Å²) in [6.45, 7) is 3.66. The molecule has 0 atom stereocenters. The molecule has 92 valence electrons. The number of rotatable bonds is 2. The molecule has 1 aliphatic carbocycles. The molecule has 0 radical (unpaired) electrons. The van der Waals surface area contributed by atoms with Gasteiger partial charge in [-0.1, -0.05) is 0 Å². The van der Waals surface area contributed by atoms with E-state index in [1.807, 2.05) is 4.68 Å². The van der Waals surface area contributed by atoms with Crippen LogP contribution in [0.4, 0.5) is 5.82 Å². The largest absolute Gasteiger partial charge is 0.384 e. The van der Waals surface area contributed by atoms with Crippen molar-refractivity contribution in [2.45, 2.75) is 37.9 Å². The van der Waals surface area contributed by atoms with Crippen LogP contribution >= 0.6 is 0 Å². The molecule has 0 bridgehead atoms. The molecule has 0 aromatic carbocycles. The lowest BCUT2D eigenvalue weighted by atomic mass is 10.1. The fourth-order valence-electron chi connectivity index (χ4n) is 2.85. The van der Waals surface area contributed by atoms with E-state index in [1.54, 1.807) is 0 Å². The first-order valence-electron chi connectivity index (χ1n) is 6.50. The molecule has 3 aliphatic rings. The summed E-state index contributed by atoms with van der Waals surface area (Å²) in [5, 5.41) is 4.70. The number of fused-ring (bicyclic) bond motifs is 1. The van der Waals surface area contributed by atoms with Crippen LogP contribution in [0.25, 0.3) is 0 Å². The lowest BCUT2D eigenvalue weighted by molar-refractivity contribution is -0.0278. The Morgan fingerprint density at radius 2 is 2.06 bits per heavy atom. The minimum atomic E-state index is 0.370. The van der Waals surface area contributed by atoms with Crippen LogP contribution in [0.2, 0.25) is 0 Å². The second-order valence-corrected chi connectivity index (χ2v) is 5.40. The van der Waals surface area contributed by atoms with E-state index in [-0.39, 0.29) is 0 Å². The van der Waals surface area contributed by atoms with Gasteiger partial charge in [0.2, 0.25) is 0 Å². The molecule has 5 heteroatoms. The number of aromatic nitrogens is 2. The molecule has 2 fully saturated rings. The Kier molecular flexibility index (Phi) is 2.02. The molecule has 1 saturated carbocycles. The molecule has 17 heavy (non-hydrogen) atoms. The van der Waals surface area contributed by atoms with E-state index < -0.39 is 0 Å². The zero-order chi connectivity index (χ0) is 11.4. The van der Waals surface area contributed by atoms with Gasteiger partial charge in [0.05, 0.1) is 18.9 Å². The minimum absolute atomic E-state index is 0.370. The van der Waals surface area contributed by atoms with Gasteiger partial charge in [-0.05, 0) is 19.3 Å². The minimum Gasteiger partial charge on any atom is -0.384 e. The maximum Gasteiger partial charge on any atom is 0.125 e. The standard InChI is InChI=1S/C12H18N4O/c13-12-10-3-4-15(8-1-2-8)5-11(10)14-16(12)9-6-17-7-9/h8-9H,1-7,13H2. The smallest absolute Gasteiger partial charge is 0.125 e. The Morgan fingerprint density at radius 1 is 1.24 bits per heavy atom. The lowest BCUT2D eigenvalue weighted by Crippen LogP contribution is -2.32. The van der Waals surface area contributed by atoms with E-state index >= 15 is 0 Å². The van der Waals surface area contributed by atoms with Crippen molar-refractivity contribution in [3.05, 3.63) is 11.3 Å². The second-order valence-electron chi connectivity index (χ2n) is 5.40. The van der Waals surface area contributed by atoms with Crippen LogP contribution in [-0.4, -0.2) is 40.5 Å². The summed E-state index contributed by atoms with van der Waals surface area (Å²) >= 11 is 0. The fraction of sp³-hybridized carbons (Fsp3) is 0.750. The van der Waals surface area contributed by atoms with E-state index in [0.717, 1.165) is 44.6 Å². The maximum atomic E-state index is 6.20. The predicted octanol–water partition coefficient (Wildman–Crippen LogP) is 0.557. The number of ether oxygens (including phenoxy) is 1. The van der Waals surface area contributed by atoms with Gasteiger partial charge >= 0.3 is 0 Å². The number of hydrogen-bond donors (Lipinski definition) is 1. The Bertz CT molecular complexity index is 448. The average molecular weight is 234 g/mol. The van der Waals surface area contributed by atoms with Gasteiger partial charge in [0.15, 0.2) is 0 Å². The molecule has 2 aliphatic heterocycles. The van der Waals surface area contributed by atoms with E-state index in [9.17, 15) is 0 Å². The predicted molar refractivity (Wildman–Crippen MR) is 63.6 cm³/mol. The van der Waals surface area contributed by atoms with Crippen LogP contribution in [0.3, 0.4) is 0 Å². The van der Waals surface area contributed by atoms with E-state index in [1.165, 1.54) is 24.1 Å². The van der Waals surface area contributed by atoms with Crippen molar-refractivity contribution in [2.75, 3.05) is 25.5 Å². The van der Waals surface area contributed by atoms with Gasteiger partial charge in [-0.3, -0.25) is 4.90 Å². The third-order valence-electron chi connectivity index (χ3n) is 4.16. The summed E-state index contributed by atoms with van der Waals surface area (Å²) in [6, 6.07) is 1.19. The molecule has 0 unspecified atom stereocenters. The molecular formula is C12H18N4O. The van der Waals surface area contributed by atoms with Crippen LogP contribution < -0.4 is 5.73 Å². The first-order chi connectivity index (χ1) is 8.33. The Balaban J connectivity index is 1.63. The highest BCUT2D eigenvalue weighted by Gasteiger charge is 2.34. The fourth-order valence-corrected chi connectivity index (χ4v) is 2.85. The Morgan fingerprint density at radius 3 is 2.71 bits per heavy atom. The number of hydrogen-bond acceptors (Lipinski definition) is 4. The van der Waals surface area contributed by atoms with Gasteiger partial charge in [0.25, 0.3) is 0 Å². The van der Waals surface area contributed by atoms with Crippen molar-refractivity contribution < 1.29 is 4.74 Å². The maximum absolute atomic E-state index is 6.20. The summed E-state index contributed by atoms with van der Waals surface area (Å²) in [4.78, 5) is 2.55. The zero-order valence-electron chi connectivity index (χ0n) is 9.93. The quantitative estimate of drug-likeness (QED) is 0.812. The molecule has 4 rings (SSSR count). The van der Waals surface area contributed by atoms with Gasteiger partial charge in [-0.2, -0.15) is 5.10 Å². The highest BCUT2D eigenvalue weighted by Crippen LogP contribution is 2.34. The van der Waals surface area contributed by atoms with Gasteiger partial charge in [0.1, 0.15) is 11.9 Å². The molecule has 0 amide bonds. The van der Waals surface area contributed by atoms with Crippen LogP contribution in [0.5, 0.6) is 0 Å². The summed E-state index contributed by atoms with van der Waals surface area (Å²) in [7, 11) is 0. The summed E-state index contributed by atoms with van der Waals surface area (Å²) in [5.74, 6) is 0.878. The van der Waals surface area contributed by atoms with Crippen molar-refractivity contribution >= 4 is 5.82 Å². The van der Waals surface area contributed by atoms with E-state index in [0.29, 0.717) is 6.04 Å². The van der Waals surface area contributed by atoms with Gasteiger partial charge in [0, 0.05) is 24.7 Å². The van der Waals surface area contributed by atoms with Crippen molar-refractivity contribution in [3.8, 4) is 0 Å². The highest BCUT2D eigenvalue weighted by molar-refractivity contribution is 5.45. The molecule has 5 nitrogen and oxygen atoms in total. The normalized spacial score (nSPS) is 25.6. The first-order valence-corrected chi connectivity index (χ1v) is 6.50. The molecule has 0 spiro atoms. The van der Waals surface area contributed by atoms with Gasteiger partial charge in [-0.15, -0.1) is 0 Å². The monoisotopic (exact) mass is 234 g/mol. The van der Waals surface area contributed by atoms with E-state index in [4.69, 9.17) is 15.6 Å². The third kappa shape index (κ3) is 1.49. The number of anilines is 1. The summed E-state index contributed by atoms with van der Waals surface area (Å²) in [6.07, 6.45) is 3.79. The molecule has 1 aromatic heterocycles. The van der Waals surface area contributed by atoms with Crippen molar-refractivity contribution in [1.82, 2.24) is 14.7 Å². The van der Waals surface area contributed by atoms with Crippen LogP contribution in [-0.2, 0) is 17.7 Å². The Hall–Kier alpha value is -1.07. The average Bonchev–Trinajstić information content (AvgIpc) is 3.05. The van der Waals surface area contributed by atoms with Crippen LogP contribution in [0, 0.1) is 0 Å². The van der Waals surface area contributed by atoms with Crippen molar-refractivity contribution in [3.63, 3.8) is 0 Å². The SMILES string of the molecule is Nc1c2c(nn1C1COC1)CN(C1CC1)CC2. The van der Waals surface area contributed by atoms with Crippen molar-refractivity contribution in [1.29, 1.82) is 0 Å². The van der Waals surface area contributed by atoms with E-state index in [2.05, 4.69) is 4.90 Å². The number of nitrogens with two attached hydrogens (primary N) is 1. The lowest BCUT2D eigenvalue weighted by Gasteiger charge is -2.27. The van der Waals surface area contributed by atoms with Crippen molar-refractivity contribution in [2.24, 2.45) is 0 Å².